The van der Waals surface area contributed by atoms with Crippen molar-refractivity contribution in [2.75, 3.05) is 12.9 Å². The van der Waals surface area contributed by atoms with E-state index in [1.54, 1.807) is 20.8 Å². The van der Waals surface area contributed by atoms with Gasteiger partial charge in [0.25, 0.3) is 0 Å². The highest BCUT2D eigenvalue weighted by molar-refractivity contribution is 7.90. The van der Waals surface area contributed by atoms with E-state index in [9.17, 15) is 13.2 Å². The number of carbonyl (C=O) groups excluding carboxylic acids is 1. The first-order valence-corrected chi connectivity index (χ1v) is 6.89. The molecule has 0 aliphatic carbocycles. The minimum Gasteiger partial charge on any atom is -0.462 e. The van der Waals surface area contributed by atoms with Crippen LogP contribution in [0, 0.1) is 13.8 Å². The molecule has 0 aliphatic rings. The Labute approximate surface area is 100.0 Å². The van der Waals surface area contributed by atoms with E-state index in [1.165, 1.54) is 0 Å². The van der Waals surface area contributed by atoms with E-state index in [0.29, 0.717) is 11.4 Å². The highest BCUT2D eigenvalue weighted by Gasteiger charge is 2.20. The SMILES string of the molecule is CCOC(=O)c1c(C)nc(S(C)(=O)=O)nc1C. The van der Waals surface area contributed by atoms with Crippen LogP contribution in [0.4, 0.5) is 0 Å². The summed E-state index contributed by atoms with van der Waals surface area (Å²) >= 11 is 0. The first-order valence-electron chi connectivity index (χ1n) is 4.99. The molecule has 17 heavy (non-hydrogen) atoms. The van der Waals surface area contributed by atoms with Crippen molar-refractivity contribution < 1.29 is 17.9 Å². The summed E-state index contributed by atoms with van der Waals surface area (Å²) in [5, 5.41) is -0.277. The van der Waals surface area contributed by atoms with E-state index in [4.69, 9.17) is 4.74 Å². The number of rotatable bonds is 3. The Morgan fingerprint density at radius 3 is 2.06 bits per heavy atom. The largest absolute Gasteiger partial charge is 0.462 e. The van der Waals surface area contributed by atoms with Gasteiger partial charge in [0.05, 0.1) is 18.0 Å². The highest BCUT2D eigenvalue weighted by atomic mass is 32.2. The molecule has 0 spiro atoms. The number of esters is 1. The average molecular weight is 258 g/mol. The number of sulfone groups is 1. The molecule has 1 heterocycles. The monoisotopic (exact) mass is 258 g/mol. The number of hydrogen-bond donors (Lipinski definition) is 0. The van der Waals surface area contributed by atoms with Crippen molar-refractivity contribution in [2.24, 2.45) is 0 Å². The average Bonchev–Trinajstić information content (AvgIpc) is 2.15. The molecule has 1 rings (SSSR count). The molecule has 0 aromatic carbocycles. The zero-order valence-corrected chi connectivity index (χ0v) is 11.0. The molecule has 7 heteroatoms. The predicted octanol–water partition coefficient (Wildman–Crippen LogP) is 0.674. The van der Waals surface area contributed by atoms with E-state index in [0.717, 1.165) is 6.26 Å². The summed E-state index contributed by atoms with van der Waals surface area (Å²) in [5.74, 6) is -0.539. The van der Waals surface area contributed by atoms with Crippen LogP contribution in [-0.4, -0.2) is 37.2 Å². The van der Waals surface area contributed by atoms with Gasteiger partial charge >= 0.3 is 5.97 Å². The van der Waals surface area contributed by atoms with E-state index in [-0.39, 0.29) is 17.3 Å². The van der Waals surface area contributed by atoms with Gasteiger partial charge in [0.15, 0.2) is 0 Å². The fraction of sp³-hybridized carbons (Fsp3) is 0.500. The minimum absolute atomic E-state index is 0.222. The maximum atomic E-state index is 11.6. The molecule has 0 atom stereocenters. The third-order valence-corrected chi connectivity index (χ3v) is 2.91. The van der Waals surface area contributed by atoms with Crippen LogP contribution in [0.5, 0.6) is 0 Å². The van der Waals surface area contributed by atoms with E-state index in [1.807, 2.05) is 0 Å². The Balaban J connectivity index is 3.34. The third kappa shape index (κ3) is 3.00. The maximum Gasteiger partial charge on any atom is 0.341 e. The van der Waals surface area contributed by atoms with Crippen molar-refractivity contribution in [3.05, 3.63) is 17.0 Å². The molecule has 0 radical (unpaired) electrons. The minimum atomic E-state index is -3.48. The van der Waals surface area contributed by atoms with Crippen molar-refractivity contribution in [1.82, 2.24) is 9.97 Å². The second kappa shape index (κ2) is 4.79. The van der Waals surface area contributed by atoms with Gasteiger partial charge in [0, 0.05) is 6.26 Å². The zero-order valence-electron chi connectivity index (χ0n) is 10.1. The molecule has 1 aromatic rings. The molecule has 0 N–H and O–H groups in total. The number of carbonyl (C=O) groups is 1. The van der Waals surface area contributed by atoms with Gasteiger partial charge in [-0.2, -0.15) is 0 Å². The van der Waals surface area contributed by atoms with Crippen LogP contribution in [0.2, 0.25) is 0 Å². The lowest BCUT2D eigenvalue weighted by molar-refractivity contribution is 0.0523. The van der Waals surface area contributed by atoms with Gasteiger partial charge in [-0.3, -0.25) is 0 Å². The fourth-order valence-corrected chi connectivity index (χ4v) is 1.96. The quantitative estimate of drug-likeness (QED) is 0.585. The molecule has 6 nitrogen and oxygen atoms in total. The Kier molecular flexibility index (Phi) is 3.82. The predicted molar refractivity (Wildman–Crippen MR) is 60.6 cm³/mol. The Bertz CT molecular complexity index is 528. The second-order valence-corrected chi connectivity index (χ2v) is 5.45. The van der Waals surface area contributed by atoms with Gasteiger partial charge in [0.2, 0.25) is 15.0 Å². The van der Waals surface area contributed by atoms with Crippen LogP contribution in [0.25, 0.3) is 0 Å². The lowest BCUT2D eigenvalue weighted by Crippen LogP contribution is -2.15. The second-order valence-electron chi connectivity index (χ2n) is 3.54. The zero-order chi connectivity index (χ0) is 13.2. The van der Waals surface area contributed by atoms with E-state index >= 15 is 0 Å². The molecule has 0 aliphatic heterocycles. The van der Waals surface area contributed by atoms with Crippen molar-refractivity contribution in [3.8, 4) is 0 Å². The summed E-state index contributed by atoms with van der Waals surface area (Å²) in [7, 11) is -3.48. The molecular formula is C10H14N2O4S. The summed E-state index contributed by atoms with van der Waals surface area (Å²) < 4.78 is 27.5. The smallest absolute Gasteiger partial charge is 0.341 e. The van der Waals surface area contributed by atoms with Gasteiger partial charge in [-0.25, -0.2) is 23.2 Å². The van der Waals surface area contributed by atoms with E-state index < -0.39 is 15.8 Å². The summed E-state index contributed by atoms with van der Waals surface area (Å²) in [5.41, 5.74) is 0.826. The molecule has 94 valence electrons. The highest BCUT2D eigenvalue weighted by Crippen LogP contribution is 2.14. The van der Waals surface area contributed by atoms with Crippen molar-refractivity contribution in [2.45, 2.75) is 25.9 Å². The van der Waals surface area contributed by atoms with Gasteiger partial charge in [-0.05, 0) is 20.8 Å². The number of aryl methyl sites for hydroxylation is 2. The van der Waals surface area contributed by atoms with Gasteiger partial charge < -0.3 is 4.74 Å². The summed E-state index contributed by atoms with van der Waals surface area (Å²) in [4.78, 5) is 19.2. The normalized spacial score (nSPS) is 11.3. The summed E-state index contributed by atoms with van der Waals surface area (Å²) in [6, 6.07) is 0. The van der Waals surface area contributed by atoms with Crippen molar-refractivity contribution >= 4 is 15.8 Å². The summed E-state index contributed by atoms with van der Waals surface area (Å²) in [6.45, 7) is 5.03. The number of nitrogens with zero attached hydrogens (tertiary/aromatic N) is 2. The third-order valence-electron chi connectivity index (χ3n) is 2.06. The molecule has 0 unspecified atom stereocenters. The van der Waals surface area contributed by atoms with Crippen molar-refractivity contribution in [3.63, 3.8) is 0 Å². The standard InChI is InChI=1S/C10H14N2O4S/c1-5-16-9(13)8-6(2)11-10(12-7(8)3)17(4,14)15/h5H2,1-4H3. The Morgan fingerprint density at radius 2 is 1.71 bits per heavy atom. The molecule has 0 saturated heterocycles. The van der Waals surface area contributed by atoms with Gasteiger partial charge in [-0.1, -0.05) is 0 Å². The molecule has 1 aromatic heterocycles. The number of ether oxygens (including phenoxy) is 1. The molecule has 0 fully saturated rings. The van der Waals surface area contributed by atoms with Crippen LogP contribution in [0.1, 0.15) is 28.7 Å². The van der Waals surface area contributed by atoms with Crippen LogP contribution in [-0.2, 0) is 14.6 Å². The topological polar surface area (TPSA) is 86.2 Å². The van der Waals surface area contributed by atoms with Crippen LogP contribution in [0.3, 0.4) is 0 Å². The number of hydrogen-bond acceptors (Lipinski definition) is 6. The van der Waals surface area contributed by atoms with Crippen LogP contribution < -0.4 is 0 Å². The fourth-order valence-electron chi connectivity index (χ4n) is 1.35. The van der Waals surface area contributed by atoms with Gasteiger partial charge in [0.1, 0.15) is 5.56 Å². The first kappa shape index (κ1) is 13.6. The van der Waals surface area contributed by atoms with Crippen LogP contribution in [0.15, 0.2) is 5.16 Å². The van der Waals surface area contributed by atoms with E-state index in [2.05, 4.69) is 9.97 Å². The number of aromatic nitrogens is 2. The Morgan fingerprint density at radius 1 is 1.24 bits per heavy atom. The lowest BCUT2D eigenvalue weighted by atomic mass is 10.2. The molecule has 0 bridgehead atoms. The molecule has 0 saturated carbocycles. The first-order chi connectivity index (χ1) is 7.77. The molecule has 0 amide bonds. The van der Waals surface area contributed by atoms with Crippen LogP contribution >= 0.6 is 0 Å². The molecular weight excluding hydrogens is 244 g/mol. The summed E-state index contributed by atoms with van der Waals surface area (Å²) in [6.07, 6.45) is 1.02. The Hall–Kier alpha value is -1.50. The van der Waals surface area contributed by atoms with Crippen molar-refractivity contribution in [1.29, 1.82) is 0 Å². The van der Waals surface area contributed by atoms with Gasteiger partial charge in [-0.15, -0.1) is 0 Å². The maximum absolute atomic E-state index is 11.6. The lowest BCUT2D eigenvalue weighted by Gasteiger charge is -2.08.